The van der Waals surface area contributed by atoms with Crippen LogP contribution in [-0.2, 0) is 18.9 Å². The number of carboxylic acids is 2. The normalized spacial score (nSPS) is 18.5. The van der Waals surface area contributed by atoms with E-state index < -0.39 is 42.7 Å². The van der Waals surface area contributed by atoms with Gasteiger partial charge in [0.05, 0.1) is 24.2 Å². The number of hydrogen-bond donors (Lipinski definition) is 2. The van der Waals surface area contributed by atoms with E-state index in [9.17, 15) is 14.7 Å². The van der Waals surface area contributed by atoms with Gasteiger partial charge in [-0.15, -0.1) is 0 Å². The second-order valence-corrected chi connectivity index (χ2v) is 7.62. The molecule has 2 rings (SSSR count). The molecule has 0 saturated carbocycles. The molecule has 154 valence electrons. The Morgan fingerprint density at radius 3 is 2.18 bits per heavy atom. The maximum atomic E-state index is 11.6. The van der Waals surface area contributed by atoms with E-state index in [1.54, 1.807) is 25.1 Å². The van der Waals surface area contributed by atoms with Crippen LogP contribution in [0, 0.1) is 0 Å². The molecule has 1 aromatic carbocycles. The lowest BCUT2D eigenvalue weighted by molar-refractivity contribution is -0.139. The molecule has 0 bridgehead atoms. The van der Waals surface area contributed by atoms with Crippen molar-refractivity contribution in [2.75, 3.05) is 13.2 Å². The molecule has 0 radical (unpaired) electrons. The van der Waals surface area contributed by atoms with Gasteiger partial charge in [0.15, 0.2) is 18.1 Å². The van der Waals surface area contributed by atoms with Gasteiger partial charge in [0.2, 0.25) is 0 Å². The highest BCUT2D eigenvalue weighted by atomic mass is 16.7. The van der Waals surface area contributed by atoms with Gasteiger partial charge in [-0.25, -0.2) is 4.79 Å². The van der Waals surface area contributed by atoms with Crippen LogP contribution in [0.3, 0.4) is 0 Å². The number of ether oxygens (including phenoxy) is 2. The van der Waals surface area contributed by atoms with Crippen LogP contribution in [0.1, 0.15) is 52.4 Å². The van der Waals surface area contributed by atoms with Crippen molar-refractivity contribution in [2.45, 2.75) is 58.1 Å². The molecule has 1 heterocycles. The molecule has 1 aliphatic heterocycles. The van der Waals surface area contributed by atoms with Crippen molar-refractivity contribution in [3.63, 3.8) is 0 Å². The van der Waals surface area contributed by atoms with Crippen LogP contribution in [0.2, 0.25) is 0 Å². The highest BCUT2D eigenvalue weighted by Gasteiger charge is 2.54. The number of aliphatic carboxylic acids is 2. The highest BCUT2D eigenvalue weighted by Crippen LogP contribution is 2.45. The van der Waals surface area contributed by atoms with Gasteiger partial charge in [0.25, 0.3) is 0 Å². The smallest absolute Gasteiger partial charge is 0.466 e. The van der Waals surface area contributed by atoms with Crippen molar-refractivity contribution in [1.29, 1.82) is 0 Å². The Balaban J connectivity index is 2.50. The first kappa shape index (κ1) is 22.0. The topological polar surface area (TPSA) is 112 Å². The minimum atomic E-state index is -1.15. The summed E-state index contributed by atoms with van der Waals surface area (Å²) in [6.07, 6.45) is -0.282. The van der Waals surface area contributed by atoms with Crippen LogP contribution >= 0.6 is 0 Å². The summed E-state index contributed by atoms with van der Waals surface area (Å²) in [5.74, 6) is -2.38. The molecule has 28 heavy (non-hydrogen) atoms. The average molecular weight is 394 g/mol. The zero-order valence-electron chi connectivity index (χ0n) is 16.9. The highest BCUT2D eigenvalue weighted by molar-refractivity contribution is 6.48. The summed E-state index contributed by atoms with van der Waals surface area (Å²) in [5.41, 5.74) is -0.824. The molecule has 9 heteroatoms. The Morgan fingerprint density at radius 1 is 1.07 bits per heavy atom. The molecule has 0 aliphatic carbocycles. The van der Waals surface area contributed by atoms with Crippen molar-refractivity contribution < 1.29 is 38.6 Å². The molecule has 0 spiro atoms. The molecular weight excluding hydrogens is 367 g/mol. The third-order valence-electron chi connectivity index (χ3n) is 5.04. The third kappa shape index (κ3) is 4.77. The molecule has 2 N–H and O–H groups in total. The summed E-state index contributed by atoms with van der Waals surface area (Å²) in [4.78, 5) is 22.6. The van der Waals surface area contributed by atoms with Gasteiger partial charge in [0.1, 0.15) is 0 Å². The van der Waals surface area contributed by atoms with Crippen molar-refractivity contribution in [1.82, 2.24) is 0 Å². The van der Waals surface area contributed by atoms with Gasteiger partial charge >= 0.3 is 19.1 Å². The zero-order valence-corrected chi connectivity index (χ0v) is 16.9. The van der Waals surface area contributed by atoms with Gasteiger partial charge < -0.3 is 29.0 Å². The Hall–Kier alpha value is -2.26. The SMILES string of the molecule is CCOc1cccc(C(CC(=O)O)B2OC(C)(C)C(C)(C)O2)c1OCC(=O)O. The van der Waals surface area contributed by atoms with Crippen LogP contribution in [-0.4, -0.2) is 53.7 Å². The van der Waals surface area contributed by atoms with E-state index >= 15 is 0 Å². The van der Waals surface area contributed by atoms with Crippen LogP contribution < -0.4 is 9.47 Å². The maximum absolute atomic E-state index is 11.6. The minimum Gasteiger partial charge on any atom is -0.490 e. The lowest BCUT2D eigenvalue weighted by Crippen LogP contribution is -2.41. The summed E-state index contributed by atoms with van der Waals surface area (Å²) in [7, 11) is -0.842. The number of carbonyl (C=O) groups is 2. The first-order valence-electron chi connectivity index (χ1n) is 9.16. The molecule has 1 atom stereocenters. The Kier molecular flexibility index (Phi) is 6.61. The molecule has 1 unspecified atom stereocenters. The zero-order chi connectivity index (χ0) is 21.1. The molecule has 1 fully saturated rings. The van der Waals surface area contributed by atoms with E-state index in [1.807, 2.05) is 27.7 Å². The van der Waals surface area contributed by atoms with Gasteiger partial charge in [-0.05, 0) is 46.2 Å². The third-order valence-corrected chi connectivity index (χ3v) is 5.04. The molecule has 8 nitrogen and oxygen atoms in total. The fourth-order valence-electron chi connectivity index (χ4n) is 2.98. The van der Waals surface area contributed by atoms with Crippen molar-refractivity contribution >= 4 is 19.1 Å². The predicted molar refractivity (Wildman–Crippen MR) is 102 cm³/mol. The van der Waals surface area contributed by atoms with Crippen LogP contribution in [0.5, 0.6) is 11.5 Å². The average Bonchev–Trinajstić information content (AvgIpc) is 2.79. The largest absolute Gasteiger partial charge is 0.490 e. The Labute approximate surface area is 164 Å². The minimum absolute atomic E-state index is 0.188. The van der Waals surface area contributed by atoms with Crippen molar-refractivity contribution in [3.8, 4) is 11.5 Å². The van der Waals surface area contributed by atoms with Gasteiger partial charge in [-0.1, -0.05) is 12.1 Å². The second-order valence-electron chi connectivity index (χ2n) is 7.62. The quantitative estimate of drug-likeness (QED) is 0.615. The van der Waals surface area contributed by atoms with Crippen LogP contribution in [0.4, 0.5) is 0 Å². The van der Waals surface area contributed by atoms with Gasteiger partial charge in [0, 0.05) is 5.82 Å². The van der Waals surface area contributed by atoms with Gasteiger partial charge in [-0.3, -0.25) is 4.79 Å². The van der Waals surface area contributed by atoms with E-state index in [0.717, 1.165) is 0 Å². The summed E-state index contributed by atoms with van der Waals surface area (Å²) in [6.45, 7) is 9.06. The first-order chi connectivity index (χ1) is 13.0. The van der Waals surface area contributed by atoms with E-state index in [0.29, 0.717) is 17.9 Å². The number of para-hydroxylation sites is 1. The predicted octanol–water partition coefficient (Wildman–Crippen LogP) is 2.74. The number of carboxylic acid groups (broad SMARTS) is 2. The Bertz CT molecular complexity index is 715. The van der Waals surface area contributed by atoms with E-state index in [1.165, 1.54) is 0 Å². The van der Waals surface area contributed by atoms with Gasteiger partial charge in [-0.2, -0.15) is 0 Å². The van der Waals surface area contributed by atoms with E-state index in [-0.39, 0.29) is 12.2 Å². The number of hydrogen-bond acceptors (Lipinski definition) is 6. The molecule has 0 aromatic heterocycles. The van der Waals surface area contributed by atoms with E-state index in [2.05, 4.69) is 0 Å². The Morgan fingerprint density at radius 2 is 1.68 bits per heavy atom. The standard InChI is InChI=1S/C19H27BO8/c1-6-25-14-9-7-8-12(17(14)26-11-16(23)24)13(10-15(21)22)20-27-18(2,3)19(4,5)28-20/h7-9,13H,6,10-11H2,1-5H3,(H,21,22)(H,23,24). The lowest BCUT2D eigenvalue weighted by atomic mass is 9.66. The van der Waals surface area contributed by atoms with Crippen LogP contribution in [0.15, 0.2) is 18.2 Å². The fraction of sp³-hybridized carbons (Fsp3) is 0.579. The lowest BCUT2D eigenvalue weighted by Gasteiger charge is -2.32. The van der Waals surface area contributed by atoms with Crippen LogP contribution in [0.25, 0.3) is 0 Å². The second kappa shape index (κ2) is 8.40. The van der Waals surface area contributed by atoms with Crippen molar-refractivity contribution in [2.24, 2.45) is 0 Å². The molecular formula is C19H27BO8. The monoisotopic (exact) mass is 394 g/mol. The van der Waals surface area contributed by atoms with Crippen molar-refractivity contribution in [3.05, 3.63) is 23.8 Å². The summed E-state index contributed by atoms with van der Waals surface area (Å²) in [5, 5.41) is 18.5. The summed E-state index contributed by atoms with van der Waals surface area (Å²) < 4.78 is 23.2. The summed E-state index contributed by atoms with van der Waals surface area (Å²) in [6, 6.07) is 5.03. The molecule has 1 saturated heterocycles. The molecule has 1 aliphatic rings. The number of benzene rings is 1. The fourth-order valence-corrected chi connectivity index (χ4v) is 2.98. The first-order valence-corrected chi connectivity index (χ1v) is 9.16. The molecule has 1 aromatic rings. The number of rotatable bonds is 9. The maximum Gasteiger partial charge on any atom is 0.466 e. The van der Waals surface area contributed by atoms with E-state index in [4.69, 9.17) is 23.9 Å². The summed E-state index contributed by atoms with van der Waals surface area (Å²) >= 11 is 0. The molecule has 0 amide bonds.